The highest BCUT2D eigenvalue weighted by molar-refractivity contribution is 6.31. The molecule has 0 atom stereocenters. The zero-order chi connectivity index (χ0) is 7.68. The first-order valence-corrected chi connectivity index (χ1v) is 3.55. The van der Waals surface area contributed by atoms with E-state index < -0.39 is 0 Å². The van der Waals surface area contributed by atoms with Gasteiger partial charge >= 0.3 is 5.69 Å². The maximum Gasteiger partial charge on any atom is 0.302 e. The molecule has 0 aliphatic carbocycles. The average molecular weight is 144 g/mol. The van der Waals surface area contributed by atoms with E-state index in [-0.39, 0.29) is 0 Å². The molecular formula is C9H8N2+. The third-order valence-electron chi connectivity index (χ3n) is 1.57. The molecule has 1 aromatic carbocycles. The molecule has 1 heterocycles. The summed E-state index contributed by atoms with van der Waals surface area (Å²) in [5.74, 6) is 0. The van der Waals surface area contributed by atoms with Gasteiger partial charge in [0.2, 0.25) is 0 Å². The molecule has 0 aromatic heterocycles. The average Bonchev–Trinajstić information content (AvgIpc) is 2.04. The van der Waals surface area contributed by atoms with Crippen LogP contribution in [-0.4, -0.2) is 11.9 Å². The summed E-state index contributed by atoms with van der Waals surface area (Å²) in [5, 5.41) is 0. The molecule has 2 nitrogen and oxygen atoms in total. The van der Waals surface area contributed by atoms with E-state index in [1.165, 1.54) is 0 Å². The topological polar surface area (TPSA) is 26.5 Å². The van der Waals surface area contributed by atoms with E-state index in [1.807, 2.05) is 31.2 Å². The van der Waals surface area contributed by atoms with Crippen LogP contribution in [0.2, 0.25) is 0 Å². The molecule has 0 saturated heterocycles. The fourth-order valence-corrected chi connectivity index (χ4v) is 1.05. The number of para-hydroxylation sites is 2. The van der Waals surface area contributed by atoms with E-state index in [2.05, 4.69) is 9.98 Å². The van der Waals surface area contributed by atoms with Gasteiger partial charge in [0.15, 0.2) is 0 Å². The van der Waals surface area contributed by atoms with Gasteiger partial charge in [-0.1, -0.05) is 12.1 Å². The zero-order valence-electron chi connectivity index (χ0n) is 6.28. The van der Waals surface area contributed by atoms with Gasteiger partial charge in [0.1, 0.15) is 11.9 Å². The lowest BCUT2D eigenvalue weighted by Crippen LogP contribution is -2.04. The summed E-state index contributed by atoms with van der Waals surface area (Å²) in [4.78, 5) is 8.53. The molecule has 2 heteroatoms. The lowest BCUT2D eigenvalue weighted by atomic mass is 10.2. The van der Waals surface area contributed by atoms with Crippen molar-refractivity contribution < 1.29 is 0 Å². The molecule has 0 unspecified atom stereocenters. The Morgan fingerprint density at radius 1 is 1.27 bits per heavy atom. The van der Waals surface area contributed by atoms with Gasteiger partial charge in [-0.25, -0.2) is 4.99 Å². The first-order valence-electron chi connectivity index (χ1n) is 3.55. The van der Waals surface area contributed by atoms with Crippen molar-refractivity contribution >= 4 is 23.3 Å². The highest BCUT2D eigenvalue weighted by atomic mass is 14.9. The Balaban J connectivity index is 2.61. The van der Waals surface area contributed by atoms with E-state index >= 15 is 0 Å². The molecule has 2 rings (SSSR count). The summed E-state index contributed by atoms with van der Waals surface area (Å²) in [6, 6.07) is 7.86. The maximum atomic E-state index is 4.31. The zero-order valence-corrected chi connectivity index (χ0v) is 6.28. The summed E-state index contributed by atoms with van der Waals surface area (Å²) in [7, 11) is 0. The molecule has 53 valence electrons. The summed E-state index contributed by atoms with van der Waals surface area (Å²) in [5.41, 5.74) is 2.88. The smallest absolute Gasteiger partial charge is 0.243 e. The third kappa shape index (κ3) is 1.07. The number of hydrogen-bond acceptors (Lipinski definition) is 2. The van der Waals surface area contributed by atoms with Crippen LogP contribution in [0.5, 0.6) is 0 Å². The molecule has 0 amide bonds. The minimum Gasteiger partial charge on any atom is -0.243 e. The number of nitrogens with zero attached hydrogens (tertiary/aromatic N) is 2. The molecule has 1 aliphatic heterocycles. The van der Waals surface area contributed by atoms with Crippen LogP contribution < -0.4 is 4.99 Å². The summed E-state index contributed by atoms with van der Waals surface area (Å²) < 4.78 is 0. The lowest BCUT2D eigenvalue weighted by molar-refractivity contribution is 1.32. The lowest BCUT2D eigenvalue weighted by Gasteiger charge is -1.93. The number of fused-ring (bicyclic) bond motifs is 1. The highest BCUT2D eigenvalue weighted by Gasteiger charge is 2.15. The fourth-order valence-electron chi connectivity index (χ4n) is 1.05. The first kappa shape index (κ1) is 6.28. The Labute approximate surface area is 65.3 Å². The number of aliphatic imine (C=N–C) groups is 2. The largest absolute Gasteiger partial charge is 0.302 e. The Hall–Kier alpha value is -1.44. The van der Waals surface area contributed by atoms with Crippen LogP contribution in [0.25, 0.3) is 0 Å². The monoisotopic (exact) mass is 144 g/mol. The minimum absolute atomic E-state index is 0.957. The van der Waals surface area contributed by atoms with Crippen molar-refractivity contribution in [3.05, 3.63) is 24.3 Å². The van der Waals surface area contributed by atoms with Gasteiger partial charge in [0.05, 0.1) is 4.99 Å². The molecule has 0 N–H and O–H groups in total. The predicted octanol–water partition coefficient (Wildman–Crippen LogP) is 1.83. The van der Waals surface area contributed by atoms with Gasteiger partial charge < -0.3 is 0 Å². The van der Waals surface area contributed by atoms with E-state index in [0.717, 1.165) is 17.1 Å². The molecule has 0 bridgehead atoms. The van der Waals surface area contributed by atoms with Crippen molar-refractivity contribution in [1.82, 2.24) is 4.99 Å². The molecular weight excluding hydrogens is 136 g/mol. The van der Waals surface area contributed by atoms with Crippen LogP contribution in [0, 0.1) is 0 Å². The second-order valence-electron chi connectivity index (χ2n) is 2.50. The second kappa shape index (κ2) is 2.31. The van der Waals surface area contributed by atoms with Gasteiger partial charge in [-0.3, -0.25) is 0 Å². The Morgan fingerprint density at radius 3 is 3.00 bits per heavy atom. The van der Waals surface area contributed by atoms with Crippen molar-refractivity contribution in [1.29, 1.82) is 0 Å². The Kier molecular flexibility index (Phi) is 1.32. The van der Waals surface area contributed by atoms with Crippen molar-refractivity contribution in [3.8, 4) is 0 Å². The molecule has 0 spiro atoms. The molecule has 1 aliphatic rings. The molecule has 11 heavy (non-hydrogen) atoms. The van der Waals surface area contributed by atoms with Gasteiger partial charge in [0.25, 0.3) is 5.71 Å². The molecule has 1 aromatic rings. The highest BCUT2D eigenvalue weighted by Crippen LogP contribution is 2.24. The number of benzene rings is 1. The van der Waals surface area contributed by atoms with Gasteiger partial charge in [0, 0.05) is 13.0 Å². The van der Waals surface area contributed by atoms with Crippen LogP contribution in [0.15, 0.2) is 29.3 Å². The van der Waals surface area contributed by atoms with E-state index in [4.69, 9.17) is 0 Å². The SMILES string of the molecule is CC1=[N+]c2ccccc2N=C1. The quantitative estimate of drug-likeness (QED) is 0.531. The standard InChI is InChI=1S/C9H8N2/c1-7-6-10-8-4-2-3-5-9(8)11-7/h2-6H,1H3/q+1. The summed E-state index contributed by atoms with van der Waals surface area (Å²) in [6.07, 6.45) is 1.78. The van der Waals surface area contributed by atoms with Crippen molar-refractivity contribution in [2.75, 3.05) is 0 Å². The molecule has 0 saturated carbocycles. The summed E-state index contributed by atoms with van der Waals surface area (Å²) >= 11 is 0. The first-order chi connectivity index (χ1) is 5.36. The predicted molar refractivity (Wildman–Crippen MR) is 47.1 cm³/mol. The number of rotatable bonds is 0. The Bertz CT molecular complexity index is 337. The Morgan fingerprint density at radius 2 is 2.09 bits per heavy atom. The minimum atomic E-state index is 0.957. The van der Waals surface area contributed by atoms with Crippen LogP contribution in [-0.2, 0) is 0 Å². The van der Waals surface area contributed by atoms with E-state index in [9.17, 15) is 0 Å². The van der Waals surface area contributed by atoms with Crippen LogP contribution in [0.1, 0.15) is 6.92 Å². The molecule has 0 fully saturated rings. The van der Waals surface area contributed by atoms with Crippen LogP contribution >= 0.6 is 0 Å². The van der Waals surface area contributed by atoms with Crippen LogP contribution in [0.3, 0.4) is 0 Å². The summed E-state index contributed by atoms with van der Waals surface area (Å²) in [6.45, 7) is 1.94. The molecule has 1 radical (unpaired) electrons. The van der Waals surface area contributed by atoms with E-state index in [0.29, 0.717) is 0 Å². The van der Waals surface area contributed by atoms with Gasteiger partial charge in [-0.05, 0) is 6.07 Å². The van der Waals surface area contributed by atoms with Gasteiger partial charge in [-0.15, -0.1) is 0 Å². The third-order valence-corrected chi connectivity index (χ3v) is 1.57. The van der Waals surface area contributed by atoms with Crippen molar-refractivity contribution in [2.45, 2.75) is 6.92 Å². The van der Waals surface area contributed by atoms with E-state index in [1.54, 1.807) is 6.21 Å². The maximum absolute atomic E-state index is 4.31. The number of hydrogen-bond donors (Lipinski definition) is 0. The van der Waals surface area contributed by atoms with Crippen LogP contribution in [0.4, 0.5) is 11.4 Å². The van der Waals surface area contributed by atoms with Gasteiger partial charge in [-0.2, -0.15) is 0 Å². The normalized spacial score (nSPS) is 14.1. The van der Waals surface area contributed by atoms with Crippen molar-refractivity contribution in [2.24, 2.45) is 4.99 Å². The second-order valence-corrected chi connectivity index (χ2v) is 2.50. The fraction of sp³-hybridized carbons (Fsp3) is 0.111. The van der Waals surface area contributed by atoms with Crippen molar-refractivity contribution in [3.63, 3.8) is 0 Å².